The minimum atomic E-state index is -0.551. The fraction of sp³-hybridized carbons (Fsp3) is 0.353. The number of carbonyl (C=O) groups is 1. The van der Waals surface area contributed by atoms with Crippen molar-refractivity contribution in [3.8, 4) is 5.75 Å². The molecule has 0 saturated heterocycles. The standard InChI is InChI=1S/C17H20ClNO3S/c1-12-10-14(18)5-6-16(12)22-13(2)17(20)19-7-9-23-11-15-4-3-8-21-15/h3-6,8,10,13H,7,9,11H2,1-2H3,(H,19,20)/t13-/m1/s1. The van der Waals surface area contributed by atoms with Crippen molar-refractivity contribution in [2.45, 2.75) is 25.7 Å². The first-order valence-electron chi connectivity index (χ1n) is 7.37. The lowest BCUT2D eigenvalue weighted by atomic mass is 10.2. The van der Waals surface area contributed by atoms with Gasteiger partial charge in [-0.05, 0) is 49.7 Å². The van der Waals surface area contributed by atoms with Crippen LogP contribution in [-0.4, -0.2) is 24.3 Å². The highest BCUT2D eigenvalue weighted by Crippen LogP contribution is 2.22. The van der Waals surface area contributed by atoms with Gasteiger partial charge in [-0.15, -0.1) is 0 Å². The highest BCUT2D eigenvalue weighted by Gasteiger charge is 2.15. The van der Waals surface area contributed by atoms with Gasteiger partial charge in [0.25, 0.3) is 5.91 Å². The summed E-state index contributed by atoms with van der Waals surface area (Å²) >= 11 is 7.62. The topological polar surface area (TPSA) is 51.5 Å². The number of carbonyl (C=O) groups excluding carboxylic acids is 1. The quantitative estimate of drug-likeness (QED) is 0.727. The third-order valence-electron chi connectivity index (χ3n) is 3.18. The molecule has 1 aromatic carbocycles. The Kier molecular flexibility index (Phi) is 6.86. The molecule has 0 unspecified atom stereocenters. The molecule has 0 saturated carbocycles. The number of nitrogens with one attached hydrogen (secondary N) is 1. The Morgan fingerprint density at radius 2 is 2.26 bits per heavy atom. The van der Waals surface area contributed by atoms with Crippen LogP contribution in [-0.2, 0) is 10.5 Å². The Morgan fingerprint density at radius 1 is 1.43 bits per heavy atom. The number of furan rings is 1. The number of halogens is 1. The van der Waals surface area contributed by atoms with Gasteiger partial charge in [0.1, 0.15) is 11.5 Å². The zero-order valence-corrected chi connectivity index (χ0v) is 14.7. The van der Waals surface area contributed by atoms with Gasteiger partial charge in [-0.1, -0.05) is 11.6 Å². The SMILES string of the molecule is Cc1cc(Cl)ccc1O[C@H](C)C(=O)NCCSCc1ccco1. The summed E-state index contributed by atoms with van der Waals surface area (Å²) in [6.45, 7) is 4.23. The molecule has 0 bridgehead atoms. The molecular weight excluding hydrogens is 334 g/mol. The molecule has 1 heterocycles. The molecule has 0 spiro atoms. The maximum atomic E-state index is 12.0. The van der Waals surface area contributed by atoms with Crippen LogP contribution in [0.1, 0.15) is 18.2 Å². The zero-order valence-electron chi connectivity index (χ0n) is 13.2. The van der Waals surface area contributed by atoms with Gasteiger partial charge in [0.05, 0.1) is 12.0 Å². The first kappa shape index (κ1) is 17.8. The predicted molar refractivity (Wildman–Crippen MR) is 94.2 cm³/mol. The van der Waals surface area contributed by atoms with E-state index < -0.39 is 6.10 Å². The summed E-state index contributed by atoms with van der Waals surface area (Å²) in [6.07, 6.45) is 1.11. The van der Waals surface area contributed by atoms with Gasteiger partial charge in [0.15, 0.2) is 6.10 Å². The number of amides is 1. The molecule has 124 valence electrons. The number of aryl methyl sites for hydroxylation is 1. The Hall–Kier alpha value is -1.59. The van der Waals surface area contributed by atoms with E-state index in [0.29, 0.717) is 17.3 Å². The van der Waals surface area contributed by atoms with E-state index in [1.165, 1.54) is 0 Å². The summed E-state index contributed by atoms with van der Waals surface area (Å²) in [7, 11) is 0. The van der Waals surface area contributed by atoms with Crippen LogP contribution in [0, 0.1) is 6.92 Å². The summed E-state index contributed by atoms with van der Waals surface area (Å²) in [5.41, 5.74) is 0.908. The van der Waals surface area contributed by atoms with E-state index in [1.54, 1.807) is 37.1 Å². The van der Waals surface area contributed by atoms with Crippen LogP contribution >= 0.6 is 23.4 Å². The molecule has 2 rings (SSSR count). The van der Waals surface area contributed by atoms with E-state index in [-0.39, 0.29) is 5.91 Å². The van der Waals surface area contributed by atoms with Crippen molar-refractivity contribution in [3.05, 3.63) is 52.9 Å². The maximum Gasteiger partial charge on any atom is 0.260 e. The van der Waals surface area contributed by atoms with Gasteiger partial charge in [-0.25, -0.2) is 0 Å². The number of hydrogen-bond donors (Lipinski definition) is 1. The first-order valence-corrected chi connectivity index (χ1v) is 8.90. The molecule has 1 N–H and O–H groups in total. The van der Waals surface area contributed by atoms with Crippen molar-refractivity contribution < 1.29 is 13.9 Å². The van der Waals surface area contributed by atoms with Gasteiger partial charge in [-0.3, -0.25) is 4.79 Å². The van der Waals surface area contributed by atoms with Gasteiger partial charge < -0.3 is 14.5 Å². The first-order chi connectivity index (χ1) is 11.1. The van der Waals surface area contributed by atoms with Gasteiger partial charge >= 0.3 is 0 Å². The molecule has 0 aliphatic carbocycles. The molecule has 0 aliphatic rings. The summed E-state index contributed by atoms with van der Waals surface area (Å²) in [6, 6.07) is 9.15. The molecule has 0 aliphatic heterocycles. The van der Waals surface area contributed by atoms with Crippen molar-refractivity contribution in [2.75, 3.05) is 12.3 Å². The predicted octanol–water partition coefficient (Wildman–Crippen LogP) is 4.06. The molecule has 2 aromatic rings. The number of hydrogen-bond acceptors (Lipinski definition) is 4. The van der Waals surface area contributed by atoms with Crippen molar-refractivity contribution >= 4 is 29.3 Å². The molecule has 6 heteroatoms. The number of benzene rings is 1. The molecule has 1 aromatic heterocycles. The lowest BCUT2D eigenvalue weighted by molar-refractivity contribution is -0.127. The van der Waals surface area contributed by atoms with Crippen LogP contribution < -0.4 is 10.1 Å². The normalized spacial score (nSPS) is 12.0. The van der Waals surface area contributed by atoms with E-state index in [9.17, 15) is 4.79 Å². The highest BCUT2D eigenvalue weighted by molar-refractivity contribution is 7.98. The Labute approximate surface area is 145 Å². The molecule has 0 fully saturated rings. The van der Waals surface area contributed by atoms with Crippen LogP contribution in [0.2, 0.25) is 5.02 Å². The molecular formula is C17H20ClNO3S. The van der Waals surface area contributed by atoms with Crippen LogP contribution in [0.25, 0.3) is 0 Å². The maximum absolute atomic E-state index is 12.0. The second-order valence-electron chi connectivity index (χ2n) is 5.09. The molecule has 23 heavy (non-hydrogen) atoms. The van der Waals surface area contributed by atoms with Gasteiger partial charge in [-0.2, -0.15) is 11.8 Å². The molecule has 0 radical (unpaired) electrons. The van der Waals surface area contributed by atoms with Crippen molar-refractivity contribution in [1.29, 1.82) is 0 Å². The van der Waals surface area contributed by atoms with E-state index >= 15 is 0 Å². The van der Waals surface area contributed by atoms with Crippen LogP contribution in [0.15, 0.2) is 41.0 Å². The summed E-state index contributed by atoms with van der Waals surface area (Å²) < 4.78 is 10.9. The fourth-order valence-corrected chi connectivity index (χ4v) is 2.93. The number of rotatable bonds is 8. The Balaban J connectivity index is 1.68. The number of thioether (sulfide) groups is 1. The average molecular weight is 354 g/mol. The second kappa shape index (κ2) is 8.89. The third-order valence-corrected chi connectivity index (χ3v) is 4.40. The minimum absolute atomic E-state index is 0.127. The molecule has 4 nitrogen and oxygen atoms in total. The van der Waals surface area contributed by atoms with Crippen LogP contribution in [0.3, 0.4) is 0 Å². The number of ether oxygens (including phenoxy) is 1. The van der Waals surface area contributed by atoms with Gasteiger partial charge in [0.2, 0.25) is 0 Å². The van der Waals surface area contributed by atoms with Gasteiger partial charge in [0, 0.05) is 17.3 Å². The van der Waals surface area contributed by atoms with E-state index in [4.69, 9.17) is 20.8 Å². The monoisotopic (exact) mass is 353 g/mol. The van der Waals surface area contributed by atoms with E-state index in [0.717, 1.165) is 22.8 Å². The summed E-state index contributed by atoms with van der Waals surface area (Å²) in [5.74, 6) is 3.11. The van der Waals surface area contributed by atoms with Crippen LogP contribution in [0.5, 0.6) is 5.75 Å². The molecule has 1 amide bonds. The highest BCUT2D eigenvalue weighted by atomic mass is 35.5. The average Bonchev–Trinajstić information content (AvgIpc) is 3.02. The Morgan fingerprint density at radius 3 is 2.96 bits per heavy atom. The van der Waals surface area contributed by atoms with E-state index in [2.05, 4.69) is 5.32 Å². The fourth-order valence-electron chi connectivity index (χ4n) is 1.95. The molecule has 1 atom stereocenters. The van der Waals surface area contributed by atoms with Crippen molar-refractivity contribution in [1.82, 2.24) is 5.32 Å². The minimum Gasteiger partial charge on any atom is -0.481 e. The van der Waals surface area contributed by atoms with Crippen molar-refractivity contribution in [2.24, 2.45) is 0 Å². The van der Waals surface area contributed by atoms with Crippen molar-refractivity contribution in [3.63, 3.8) is 0 Å². The lowest BCUT2D eigenvalue weighted by Crippen LogP contribution is -2.37. The van der Waals surface area contributed by atoms with E-state index in [1.807, 2.05) is 25.1 Å². The zero-order chi connectivity index (χ0) is 16.7. The summed E-state index contributed by atoms with van der Waals surface area (Å²) in [4.78, 5) is 12.0. The Bertz CT molecular complexity index is 631. The van der Waals surface area contributed by atoms with Crippen LogP contribution in [0.4, 0.5) is 0 Å². The largest absolute Gasteiger partial charge is 0.481 e. The smallest absolute Gasteiger partial charge is 0.260 e. The lowest BCUT2D eigenvalue weighted by Gasteiger charge is -2.16. The summed E-state index contributed by atoms with van der Waals surface area (Å²) in [5, 5.41) is 3.53. The second-order valence-corrected chi connectivity index (χ2v) is 6.63. The third kappa shape index (κ3) is 5.84.